The number of rotatable bonds is 6. The molecule has 0 aromatic heterocycles. The number of halogens is 1. The number of fused-ring (bicyclic) bond motifs is 1. The van der Waals surface area contributed by atoms with Crippen molar-refractivity contribution in [3.8, 4) is 17.6 Å². The summed E-state index contributed by atoms with van der Waals surface area (Å²) in [6, 6.07) is 11.1. The molecule has 2 heterocycles. The molecular formula is C26H30FN5O. The Bertz CT molecular complexity index is 1100. The lowest BCUT2D eigenvalue weighted by atomic mass is 9.92. The smallest absolute Gasteiger partial charge is 0.148 e. The highest BCUT2D eigenvalue weighted by Gasteiger charge is 2.27. The van der Waals surface area contributed by atoms with Crippen LogP contribution in [0.15, 0.2) is 36.5 Å². The molecule has 33 heavy (non-hydrogen) atoms. The normalized spacial score (nSPS) is 18.9. The third-order valence-electron chi connectivity index (χ3n) is 6.67. The molecule has 2 aromatic rings. The molecule has 2 aromatic carbocycles. The van der Waals surface area contributed by atoms with E-state index in [0.717, 1.165) is 55.6 Å². The third-order valence-corrected chi connectivity index (χ3v) is 6.67. The second-order valence-corrected chi connectivity index (χ2v) is 8.70. The zero-order valence-corrected chi connectivity index (χ0v) is 19.1. The minimum Gasteiger partial charge on any atom is -0.455 e. The van der Waals surface area contributed by atoms with Gasteiger partial charge in [-0.3, -0.25) is 0 Å². The van der Waals surface area contributed by atoms with Crippen molar-refractivity contribution in [1.82, 2.24) is 10.6 Å². The van der Waals surface area contributed by atoms with Crippen LogP contribution in [0, 0.1) is 22.6 Å². The van der Waals surface area contributed by atoms with Crippen molar-refractivity contribution in [2.24, 2.45) is 0 Å². The summed E-state index contributed by atoms with van der Waals surface area (Å²) in [6.07, 6.45) is 6.99. The molecule has 1 atom stereocenters. The number of allylic oxidation sites excluding steroid dienone is 1. The van der Waals surface area contributed by atoms with Gasteiger partial charge in [0.25, 0.3) is 0 Å². The van der Waals surface area contributed by atoms with E-state index in [2.05, 4.69) is 35.6 Å². The van der Waals surface area contributed by atoms with Crippen LogP contribution >= 0.6 is 0 Å². The van der Waals surface area contributed by atoms with E-state index in [-0.39, 0.29) is 11.3 Å². The minimum atomic E-state index is -0.609. The van der Waals surface area contributed by atoms with Crippen LogP contribution in [0.3, 0.4) is 0 Å². The number of hydrogen-bond acceptors (Lipinski definition) is 6. The fraction of sp³-hybridized carbons (Fsp3) is 0.385. The third kappa shape index (κ3) is 4.71. The van der Waals surface area contributed by atoms with Crippen LogP contribution in [-0.4, -0.2) is 38.4 Å². The van der Waals surface area contributed by atoms with Crippen molar-refractivity contribution in [3.63, 3.8) is 0 Å². The average Bonchev–Trinajstić information content (AvgIpc) is 2.83. The van der Waals surface area contributed by atoms with Gasteiger partial charge in [0.15, 0.2) is 0 Å². The standard InChI is InChI=1S/C26H30FN5O/c1-17-6-7-21-24(32(17)2)9-8-20(18(14-28)16-31-19-10-12-30-13-11-19)26(21)33-25-5-3-4-23(27)22(25)15-29/h3-5,8-9,14,16-17,19,28,30-31H,6-7,10-13H2,1-2H3/b18-16+,28-14?. The maximum absolute atomic E-state index is 14.3. The Balaban J connectivity index is 1.79. The molecule has 3 N–H and O–H groups in total. The van der Waals surface area contributed by atoms with Gasteiger partial charge in [0, 0.05) is 53.9 Å². The Morgan fingerprint density at radius 3 is 2.79 bits per heavy atom. The minimum absolute atomic E-state index is 0.119. The molecule has 0 saturated carbocycles. The van der Waals surface area contributed by atoms with Crippen LogP contribution in [0.5, 0.6) is 11.5 Å². The Morgan fingerprint density at radius 2 is 2.06 bits per heavy atom. The number of anilines is 1. The Labute approximate surface area is 194 Å². The summed E-state index contributed by atoms with van der Waals surface area (Å²) in [6.45, 7) is 4.13. The van der Waals surface area contributed by atoms with Crippen LogP contribution in [0.25, 0.3) is 5.57 Å². The fourth-order valence-electron chi connectivity index (χ4n) is 4.52. The number of piperidine rings is 1. The molecule has 0 bridgehead atoms. The maximum atomic E-state index is 14.3. The lowest BCUT2D eigenvalue weighted by Gasteiger charge is -2.35. The van der Waals surface area contributed by atoms with Gasteiger partial charge in [-0.1, -0.05) is 6.07 Å². The van der Waals surface area contributed by atoms with E-state index in [1.165, 1.54) is 12.3 Å². The lowest BCUT2D eigenvalue weighted by Crippen LogP contribution is -2.37. The molecular weight excluding hydrogens is 417 g/mol. The van der Waals surface area contributed by atoms with Crippen molar-refractivity contribution in [2.75, 3.05) is 25.0 Å². The number of ether oxygens (including phenoxy) is 1. The molecule has 2 aliphatic rings. The summed E-state index contributed by atoms with van der Waals surface area (Å²) in [7, 11) is 2.06. The largest absolute Gasteiger partial charge is 0.455 e. The van der Waals surface area contributed by atoms with E-state index >= 15 is 0 Å². The zero-order valence-electron chi connectivity index (χ0n) is 19.1. The summed E-state index contributed by atoms with van der Waals surface area (Å²) in [5.41, 5.74) is 3.38. The summed E-state index contributed by atoms with van der Waals surface area (Å²) < 4.78 is 20.6. The first-order chi connectivity index (χ1) is 16.0. The Morgan fingerprint density at radius 1 is 1.27 bits per heavy atom. The fourth-order valence-corrected chi connectivity index (χ4v) is 4.52. The molecule has 172 valence electrons. The topological polar surface area (TPSA) is 84.2 Å². The van der Waals surface area contributed by atoms with Gasteiger partial charge in [0.2, 0.25) is 0 Å². The molecule has 6 nitrogen and oxygen atoms in total. The Kier molecular flexibility index (Phi) is 6.95. The van der Waals surface area contributed by atoms with E-state index in [0.29, 0.717) is 23.4 Å². The summed E-state index contributed by atoms with van der Waals surface area (Å²) in [5, 5.41) is 24.4. The molecule has 1 fully saturated rings. The van der Waals surface area contributed by atoms with Crippen LogP contribution < -0.4 is 20.3 Å². The monoisotopic (exact) mass is 447 g/mol. The van der Waals surface area contributed by atoms with E-state index in [1.807, 2.05) is 18.3 Å². The molecule has 0 spiro atoms. The number of nitrogens with one attached hydrogen (secondary N) is 3. The Hall–Kier alpha value is -3.37. The molecule has 0 aliphatic carbocycles. The van der Waals surface area contributed by atoms with Crippen molar-refractivity contribution >= 4 is 17.5 Å². The van der Waals surface area contributed by atoms with Gasteiger partial charge < -0.3 is 25.7 Å². The highest BCUT2D eigenvalue weighted by atomic mass is 19.1. The van der Waals surface area contributed by atoms with Gasteiger partial charge in [-0.15, -0.1) is 0 Å². The predicted molar refractivity (Wildman–Crippen MR) is 130 cm³/mol. The summed E-state index contributed by atoms with van der Waals surface area (Å²) in [5.74, 6) is 0.154. The lowest BCUT2D eigenvalue weighted by molar-refractivity contribution is 0.420. The quantitative estimate of drug-likeness (QED) is 0.564. The SMILES string of the molecule is CC1CCc2c(ccc(/C(C=N)=C/NC3CCNCC3)c2Oc2cccc(F)c2C#N)N1C. The molecule has 1 saturated heterocycles. The van der Waals surface area contributed by atoms with E-state index in [4.69, 9.17) is 10.1 Å². The molecule has 2 aliphatic heterocycles. The van der Waals surface area contributed by atoms with Crippen molar-refractivity contribution < 1.29 is 9.13 Å². The summed E-state index contributed by atoms with van der Waals surface area (Å²) in [4.78, 5) is 2.22. The number of nitrogens with zero attached hydrogens (tertiary/aromatic N) is 2. The summed E-state index contributed by atoms with van der Waals surface area (Å²) >= 11 is 0. The van der Waals surface area contributed by atoms with Gasteiger partial charge in [-0.25, -0.2) is 4.39 Å². The predicted octanol–water partition coefficient (Wildman–Crippen LogP) is 4.59. The zero-order chi connectivity index (χ0) is 23.4. The van der Waals surface area contributed by atoms with Gasteiger partial charge in [-0.2, -0.15) is 5.26 Å². The van der Waals surface area contributed by atoms with Gasteiger partial charge in [-0.05, 0) is 70.0 Å². The number of nitriles is 1. The van der Waals surface area contributed by atoms with Crippen molar-refractivity contribution in [2.45, 2.75) is 44.7 Å². The van der Waals surface area contributed by atoms with E-state index < -0.39 is 5.82 Å². The average molecular weight is 448 g/mol. The highest BCUT2D eigenvalue weighted by Crippen LogP contribution is 2.43. The van der Waals surface area contributed by atoms with E-state index in [1.54, 1.807) is 12.1 Å². The first kappa shape index (κ1) is 22.8. The van der Waals surface area contributed by atoms with Crippen LogP contribution in [0.1, 0.15) is 42.9 Å². The number of benzene rings is 2. The van der Waals surface area contributed by atoms with Crippen molar-refractivity contribution in [1.29, 1.82) is 10.7 Å². The molecule has 1 unspecified atom stereocenters. The van der Waals surface area contributed by atoms with Crippen LogP contribution in [0.2, 0.25) is 0 Å². The first-order valence-corrected chi connectivity index (χ1v) is 11.5. The van der Waals surface area contributed by atoms with Crippen molar-refractivity contribution in [3.05, 3.63) is 59.0 Å². The van der Waals surface area contributed by atoms with Crippen LogP contribution in [0.4, 0.5) is 10.1 Å². The highest BCUT2D eigenvalue weighted by molar-refractivity contribution is 6.09. The number of hydrogen-bond donors (Lipinski definition) is 3. The first-order valence-electron chi connectivity index (χ1n) is 11.5. The van der Waals surface area contributed by atoms with Gasteiger partial charge >= 0.3 is 0 Å². The molecule has 4 rings (SSSR count). The second kappa shape index (κ2) is 10.1. The second-order valence-electron chi connectivity index (χ2n) is 8.70. The molecule has 0 amide bonds. The van der Waals surface area contributed by atoms with E-state index in [9.17, 15) is 9.65 Å². The van der Waals surface area contributed by atoms with Crippen LogP contribution in [-0.2, 0) is 6.42 Å². The van der Waals surface area contributed by atoms with Gasteiger partial charge in [0.05, 0.1) is 0 Å². The maximum Gasteiger partial charge on any atom is 0.148 e. The molecule has 7 heteroatoms. The van der Waals surface area contributed by atoms with Gasteiger partial charge in [0.1, 0.15) is 28.9 Å². The molecule has 0 radical (unpaired) electrons.